The molecule has 4 heterocycles. The molecule has 1 aliphatic heterocycles. The SMILES string of the molecule is CN1CC(NC(=O)c2ccncc2Nc2cc(-c3ccc4ccn(C)c4c3)c3nccnc3c2)C1. The third-order valence-electron chi connectivity index (χ3n) is 6.52. The number of aromatic nitrogens is 4. The molecule has 3 aromatic heterocycles. The van der Waals surface area contributed by atoms with Crippen LogP contribution in [-0.4, -0.2) is 56.5 Å². The van der Waals surface area contributed by atoms with E-state index in [0.29, 0.717) is 11.3 Å². The molecular weight excluding hydrogens is 438 g/mol. The summed E-state index contributed by atoms with van der Waals surface area (Å²) in [5.41, 5.74) is 6.76. The van der Waals surface area contributed by atoms with E-state index in [-0.39, 0.29) is 11.9 Å². The Balaban J connectivity index is 1.39. The molecule has 8 heteroatoms. The number of anilines is 2. The Morgan fingerprint density at radius 1 is 1.00 bits per heavy atom. The number of aryl methyl sites for hydroxylation is 1. The summed E-state index contributed by atoms with van der Waals surface area (Å²) >= 11 is 0. The predicted molar refractivity (Wildman–Crippen MR) is 138 cm³/mol. The molecule has 174 valence electrons. The number of benzene rings is 2. The molecule has 0 atom stereocenters. The molecule has 1 amide bonds. The number of pyridine rings is 1. The van der Waals surface area contributed by atoms with Crippen LogP contribution in [0.5, 0.6) is 0 Å². The zero-order chi connectivity index (χ0) is 23.9. The molecule has 35 heavy (non-hydrogen) atoms. The van der Waals surface area contributed by atoms with E-state index in [1.165, 1.54) is 5.39 Å². The van der Waals surface area contributed by atoms with E-state index in [2.05, 4.69) is 71.6 Å². The van der Waals surface area contributed by atoms with Gasteiger partial charge in [-0.05, 0) is 48.3 Å². The summed E-state index contributed by atoms with van der Waals surface area (Å²) < 4.78 is 2.11. The fraction of sp³-hybridized carbons (Fsp3) is 0.185. The molecule has 1 aliphatic rings. The molecule has 5 aromatic rings. The average Bonchev–Trinajstić information content (AvgIpc) is 3.23. The summed E-state index contributed by atoms with van der Waals surface area (Å²) in [5, 5.41) is 7.70. The third-order valence-corrected chi connectivity index (χ3v) is 6.52. The molecule has 8 nitrogen and oxygen atoms in total. The first kappa shape index (κ1) is 21.2. The van der Waals surface area contributed by atoms with Crippen molar-refractivity contribution in [3.05, 3.63) is 79.0 Å². The van der Waals surface area contributed by atoms with Gasteiger partial charge in [-0.2, -0.15) is 0 Å². The van der Waals surface area contributed by atoms with Crippen molar-refractivity contribution >= 4 is 39.2 Å². The second-order valence-corrected chi connectivity index (χ2v) is 9.09. The summed E-state index contributed by atoms with van der Waals surface area (Å²) in [5.74, 6) is -0.108. The Hall–Kier alpha value is -4.30. The second kappa shape index (κ2) is 8.48. The fourth-order valence-electron chi connectivity index (χ4n) is 4.70. The van der Waals surface area contributed by atoms with Crippen LogP contribution in [0.1, 0.15) is 10.4 Å². The molecule has 6 rings (SSSR count). The quantitative estimate of drug-likeness (QED) is 0.410. The lowest BCUT2D eigenvalue weighted by molar-refractivity contribution is 0.0858. The highest BCUT2D eigenvalue weighted by atomic mass is 16.1. The van der Waals surface area contributed by atoms with Crippen LogP contribution < -0.4 is 10.6 Å². The number of fused-ring (bicyclic) bond motifs is 2. The summed E-state index contributed by atoms with van der Waals surface area (Å²) in [6, 6.07) is 14.4. The predicted octanol–water partition coefficient (Wildman–Crippen LogP) is 3.97. The van der Waals surface area contributed by atoms with Crippen molar-refractivity contribution in [2.75, 3.05) is 25.5 Å². The van der Waals surface area contributed by atoms with Crippen molar-refractivity contribution in [2.24, 2.45) is 7.05 Å². The van der Waals surface area contributed by atoms with Crippen molar-refractivity contribution in [2.45, 2.75) is 6.04 Å². The van der Waals surface area contributed by atoms with Gasteiger partial charge in [0.15, 0.2) is 0 Å². The van der Waals surface area contributed by atoms with Crippen LogP contribution in [0.3, 0.4) is 0 Å². The minimum atomic E-state index is -0.108. The number of likely N-dealkylation sites (tertiary alicyclic amines) is 1. The minimum Gasteiger partial charge on any atom is -0.354 e. The van der Waals surface area contributed by atoms with Crippen molar-refractivity contribution in [3.8, 4) is 11.1 Å². The molecule has 2 N–H and O–H groups in total. The van der Waals surface area contributed by atoms with Crippen LogP contribution in [0.15, 0.2) is 73.4 Å². The van der Waals surface area contributed by atoms with E-state index in [4.69, 9.17) is 0 Å². The molecule has 0 bridgehead atoms. The molecular formula is C27H25N7O. The monoisotopic (exact) mass is 463 g/mol. The van der Waals surface area contributed by atoms with Crippen molar-refractivity contribution in [1.82, 2.24) is 29.7 Å². The number of likely N-dealkylation sites (N-methyl/N-ethyl adjacent to an activating group) is 1. The molecule has 0 radical (unpaired) electrons. The van der Waals surface area contributed by atoms with Crippen LogP contribution >= 0.6 is 0 Å². The number of hydrogen-bond donors (Lipinski definition) is 2. The maximum absolute atomic E-state index is 13.0. The molecule has 0 aliphatic carbocycles. The first-order chi connectivity index (χ1) is 17.0. The van der Waals surface area contributed by atoms with Crippen molar-refractivity contribution in [1.29, 1.82) is 0 Å². The van der Waals surface area contributed by atoms with Gasteiger partial charge in [0.05, 0.1) is 34.5 Å². The van der Waals surface area contributed by atoms with Crippen LogP contribution in [0, 0.1) is 0 Å². The first-order valence-electron chi connectivity index (χ1n) is 11.6. The van der Waals surface area contributed by atoms with Crippen LogP contribution in [-0.2, 0) is 7.05 Å². The maximum atomic E-state index is 13.0. The Labute approximate surface area is 202 Å². The van der Waals surface area contributed by atoms with E-state index in [1.54, 1.807) is 30.9 Å². The van der Waals surface area contributed by atoms with Gasteiger partial charge in [-0.3, -0.25) is 19.7 Å². The van der Waals surface area contributed by atoms with E-state index in [0.717, 1.165) is 46.5 Å². The summed E-state index contributed by atoms with van der Waals surface area (Å²) in [7, 11) is 4.08. The number of carbonyl (C=O) groups is 1. The first-order valence-corrected chi connectivity index (χ1v) is 11.6. The molecule has 1 saturated heterocycles. The highest BCUT2D eigenvalue weighted by molar-refractivity contribution is 6.01. The Kier molecular flexibility index (Phi) is 5.15. The molecule has 0 saturated carbocycles. The van der Waals surface area contributed by atoms with Gasteiger partial charge >= 0.3 is 0 Å². The van der Waals surface area contributed by atoms with Gasteiger partial charge in [-0.15, -0.1) is 0 Å². The van der Waals surface area contributed by atoms with Gasteiger partial charge in [0, 0.05) is 61.7 Å². The topological polar surface area (TPSA) is 88.0 Å². The third kappa shape index (κ3) is 3.98. The van der Waals surface area contributed by atoms with Gasteiger partial charge < -0.3 is 20.1 Å². The highest BCUT2D eigenvalue weighted by Crippen LogP contribution is 2.33. The van der Waals surface area contributed by atoms with E-state index in [9.17, 15) is 4.79 Å². The largest absolute Gasteiger partial charge is 0.354 e. The van der Waals surface area contributed by atoms with Gasteiger partial charge in [0.1, 0.15) is 0 Å². The van der Waals surface area contributed by atoms with Crippen LogP contribution in [0.2, 0.25) is 0 Å². The second-order valence-electron chi connectivity index (χ2n) is 9.09. The van der Waals surface area contributed by atoms with Crippen molar-refractivity contribution < 1.29 is 4.79 Å². The molecule has 0 unspecified atom stereocenters. The lowest BCUT2D eigenvalue weighted by atomic mass is 10.0. The lowest BCUT2D eigenvalue weighted by Gasteiger charge is -2.36. The van der Waals surface area contributed by atoms with E-state index in [1.807, 2.05) is 20.2 Å². The van der Waals surface area contributed by atoms with Gasteiger partial charge in [0.25, 0.3) is 5.91 Å². The zero-order valence-corrected chi connectivity index (χ0v) is 19.6. The Morgan fingerprint density at radius 2 is 1.86 bits per heavy atom. The van der Waals surface area contributed by atoms with Crippen LogP contribution in [0.25, 0.3) is 33.1 Å². The highest BCUT2D eigenvalue weighted by Gasteiger charge is 2.26. The molecule has 2 aromatic carbocycles. The zero-order valence-electron chi connectivity index (χ0n) is 19.6. The summed E-state index contributed by atoms with van der Waals surface area (Å²) in [6.45, 7) is 1.72. The van der Waals surface area contributed by atoms with Gasteiger partial charge in [-0.1, -0.05) is 12.1 Å². The summed E-state index contributed by atoms with van der Waals surface area (Å²) in [4.78, 5) is 28.6. The van der Waals surface area contributed by atoms with E-state index < -0.39 is 0 Å². The normalized spacial score (nSPS) is 14.2. The van der Waals surface area contributed by atoms with Crippen molar-refractivity contribution in [3.63, 3.8) is 0 Å². The molecule has 0 spiro atoms. The number of hydrogen-bond acceptors (Lipinski definition) is 6. The maximum Gasteiger partial charge on any atom is 0.253 e. The summed E-state index contributed by atoms with van der Waals surface area (Å²) in [6.07, 6.45) is 8.77. The fourth-order valence-corrected chi connectivity index (χ4v) is 4.70. The van der Waals surface area contributed by atoms with Crippen LogP contribution in [0.4, 0.5) is 11.4 Å². The number of amides is 1. The van der Waals surface area contributed by atoms with Gasteiger partial charge in [-0.25, -0.2) is 0 Å². The number of carbonyl (C=O) groups excluding carboxylic acids is 1. The standard InChI is InChI=1S/C27H25N7O/c1-33-15-20(16-33)32-27(35)21-5-7-28-14-24(21)31-19-12-22(26-23(13-19)29-8-9-30-26)18-4-3-17-6-10-34(2)25(17)11-18/h3-14,20,31H,15-16H2,1-2H3,(H,32,35). The Bertz CT molecular complexity index is 1570. The van der Waals surface area contributed by atoms with E-state index >= 15 is 0 Å². The number of nitrogens with zero attached hydrogens (tertiary/aromatic N) is 5. The smallest absolute Gasteiger partial charge is 0.253 e. The minimum absolute atomic E-state index is 0.108. The van der Waals surface area contributed by atoms with Gasteiger partial charge in [0.2, 0.25) is 0 Å². The lowest BCUT2D eigenvalue weighted by Crippen LogP contribution is -2.57. The number of rotatable bonds is 5. The number of nitrogens with one attached hydrogen (secondary N) is 2. The average molecular weight is 464 g/mol. The Morgan fingerprint density at radius 3 is 2.71 bits per heavy atom. The molecule has 1 fully saturated rings.